The van der Waals surface area contributed by atoms with Gasteiger partial charge in [0.05, 0.1) is 28.9 Å². The van der Waals surface area contributed by atoms with E-state index in [-0.39, 0.29) is 0 Å². The van der Waals surface area contributed by atoms with E-state index in [4.69, 9.17) is 0 Å². The van der Waals surface area contributed by atoms with Crippen LogP contribution in [-0.4, -0.2) is 35.7 Å². The molecule has 2 N–H and O–H groups in total. The monoisotopic (exact) mass is 374 g/mol. The van der Waals surface area contributed by atoms with Gasteiger partial charge in [0.1, 0.15) is 4.86 Å². The average Bonchev–Trinajstić information content (AvgIpc) is 3.38. The number of aromatic amines is 1. The number of allylic oxidation sites excluding steroid dienone is 6. The van der Waals surface area contributed by atoms with Gasteiger partial charge in [-0.1, -0.05) is 0 Å². The second-order valence-corrected chi connectivity index (χ2v) is 7.36. The van der Waals surface area contributed by atoms with E-state index < -0.39 is 16.3 Å². The predicted octanol–water partition coefficient (Wildman–Crippen LogP) is 0.286. The van der Waals surface area contributed by atoms with Gasteiger partial charge in [0.15, 0.2) is 0 Å². The lowest BCUT2D eigenvalue weighted by molar-refractivity contribution is 0.626. The second kappa shape index (κ2) is 6.07. The maximum atomic E-state index is 11.6. The van der Waals surface area contributed by atoms with E-state index in [2.05, 4.69) is 20.3 Å². The van der Waals surface area contributed by atoms with Crippen LogP contribution in [0.5, 0.6) is 0 Å². The highest BCUT2D eigenvalue weighted by molar-refractivity contribution is 7.73. The molecule has 0 saturated carbocycles. The first-order valence-corrected chi connectivity index (χ1v) is 9.50. The predicted molar refractivity (Wildman–Crippen MR) is 107 cm³/mol. The van der Waals surface area contributed by atoms with E-state index in [0.29, 0.717) is 10.6 Å². The molecule has 0 amide bonds. The number of H-pyrrole nitrogens is 1. The van der Waals surface area contributed by atoms with Gasteiger partial charge in [0.2, 0.25) is 10.3 Å². The fourth-order valence-corrected chi connectivity index (χ4v) is 3.82. The number of nitrogens with zero attached hydrogens (tertiary/aromatic N) is 2. The molecule has 4 aliphatic heterocycles. The molecule has 5 rings (SSSR count). The molecule has 0 saturated heterocycles. The van der Waals surface area contributed by atoms with Crippen LogP contribution in [0.1, 0.15) is 0 Å². The van der Waals surface area contributed by atoms with Crippen molar-refractivity contribution in [2.24, 2.45) is 9.98 Å². The molecule has 0 radical (unpaired) electrons. The molecule has 1 aromatic heterocycles. The third-order valence-corrected chi connectivity index (χ3v) is 5.22. The van der Waals surface area contributed by atoms with Crippen LogP contribution >= 0.6 is 0 Å². The summed E-state index contributed by atoms with van der Waals surface area (Å²) in [6, 6.07) is 3.45. The summed E-state index contributed by atoms with van der Waals surface area (Å²) >= 11 is 0. The fraction of sp³-hybridized carbons (Fsp3) is 0.0500. The van der Waals surface area contributed by atoms with Gasteiger partial charge in [-0.05, 0) is 66.8 Å². The molecule has 6 nitrogen and oxygen atoms in total. The number of aromatic nitrogens is 1. The highest BCUT2D eigenvalue weighted by atomic mass is 32.2. The van der Waals surface area contributed by atoms with Crippen LogP contribution in [0, 0.1) is 0 Å². The maximum absolute atomic E-state index is 11.6. The zero-order chi connectivity index (χ0) is 18.4. The molecule has 27 heavy (non-hydrogen) atoms. The molecule has 132 valence electrons. The van der Waals surface area contributed by atoms with Gasteiger partial charge in [-0.3, -0.25) is 0 Å². The Morgan fingerprint density at radius 2 is 1.52 bits per heavy atom. The Balaban J connectivity index is 1.71. The normalized spacial score (nSPS) is 22.1. The molecule has 8 bridgehead atoms. The minimum Gasteiger partial charge on any atom is -0.374 e. The lowest BCUT2D eigenvalue weighted by atomic mass is 10.2. The minimum absolute atomic E-state index is 0.291. The molecule has 7 heteroatoms. The van der Waals surface area contributed by atoms with Crippen LogP contribution < -0.4 is 16.0 Å². The van der Waals surface area contributed by atoms with Crippen LogP contribution in [0.3, 0.4) is 0 Å². The summed E-state index contributed by atoms with van der Waals surface area (Å²) in [5.41, 5.74) is 3.90. The number of rotatable bonds is 0. The third-order valence-electron chi connectivity index (χ3n) is 4.46. The summed E-state index contributed by atoms with van der Waals surface area (Å²) in [4.78, 5) is 12.7. The highest BCUT2D eigenvalue weighted by Gasteiger charge is 2.22. The molecule has 0 spiro atoms. The van der Waals surface area contributed by atoms with Gasteiger partial charge in [-0.2, -0.15) is 8.42 Å². The second-order valence-electron chi connectivity index (χ2n) is 6.42. The number of aliphatic imine (C=N–C) groups is 2. The van der Waals surface area contributed by atoms with Crippen molar-refractivity contribution in [3.8, 4) is 0 Å². The largest absolute Gasteiger partial charge is 0.374 e. The first-order chi connectivity index (χ1) is 13.1. The molecular weight excluding hydrogens is 360 g/mol. The van der Waals surface area contributed by atoms with E-state index in [1.807, 2.05) is 60.7 Å². The van der Waals surface area contributed by atoms with Gasteiger partial charge >= 0.3 is 0 Å². The summed E-state index contributed by atoms with van der Waals surface area (Å²) in [7, 11) is -2.31. The number of fused-ring (bicyclic) bond motifs is 6. The topological polar surface area (TPSA) is 86.7 Å². The van der Waals surface area contributed by atoms with Crippen LogP contribution in [-0.2, 0) is 10.3 Å². The zero-order valence-electron chi connectivity index (χ0n) is 14.0. The van der Waals surface area contributed by atoms with E-state index in [9.17, 15) is 8.42 Å². The molecule has 1 atom stereocenters. The van der Waals surface area contributed by atoms with Gasteiger partial charge in [-0.15, -0.1) is 0 Å². The van der Waals surface area contributed by atoms with Gasteiger partial charge in [0.25, 0.3) is 0 Å². The van der Waals surface area contributed by atoms with Crippen LogP contribution in [0.25, 0.3) is 12.2 Å². The highest BCUT2D eigenvalue weighted by Crippen LogP contribution is 2.17. The van der Waals surface area contributed by atoms with Crippen molar-refractivity contribution in [2.45, 2.75) is 6.04 Å². The van der Waals surface area contributed by atoms with Gasteiger partial charge < -0.3 is 10.3 Å². The Morgan fingerprint density at radius 1 is 0.815 bits per heavy atom. The van der Waals surface area contributed by atoms with E-state index >= 15 is 0 Å². The fourth-order valence-electron chi connectivity index (χ4n) is 3.26. The Bertz CT molecular complexity index is 1330. The van der Waals surface area contributed by atoms with Crippen molar-refractivity contribution < 1.29 is 8.42 Å². The number of hydrogen-bond donors (Lipinski definition) is 2. The van der Waals surface area contributed by atoms with Crippen molar-refractivity contribution in [3.05, 3.63) is 82.5 Å². The molecule has 1 aromatic rings. The summed E-state index contributed by atoms with van der Waals surface area (Å²) < 4.78 is 23.3. The van der Waals surface area contributed by atoms with Crippen LogP contribution in [0.4, 0.5) is 0 Å². The summed E-state index contributed by atoms with van der Waals surface area (Å²) in [5, 5.41) is 5.02. The van der Waals surface area contributed by atoms with Crippen LogP contribution in [0.2, 0.25) is 0 Å². The number of nitrogens with one attached hydrogen (secondary N) is 2. The Hall–Kier alpha value is -3.45. The maximum Gasteiger partial charge on any atom is 0.219 e. The first-order valence-electron chi connectivity index (χ1n) is 8.42. The Kier molecular flexibility index (Phi) is 3.54. The standard InChI is InChI=1S/C20H14N4O2S/c25-27(26)20-11-18-9-16-4-3-14(22-16)7-12-1-2-13(21-12)8-15-5-6-17(23-15)10-19(20)24-18/h1-11,19,22,24H. The van der Waals surface area contributed by atoms with E-state index in [1.54, 1.807) is 6.08 Å². The quantitative estimate of drug-likeness (QED) is 0.640. The van der Waals surface area contributed by atoms with Crippen molar-refractivity contribution in [3.63, 3.8) is 0 Å². The first kappa shape index (κ1) is 15.8. The molecule has 5 heterocycles. The van der Waals surface area contributed by atoms with Crippen molar-refractivity contribution in [1.29, 1.82) is 0 Å². The average molecular weight is 374 g/mol. The van der Waals surface area contributed by atoms with E-state index in [0.717, 1.165) is 33.5 Å². The van der Waals surface area contributed by atoms with Crippen molar-refractivity contribution in [2.75, 3.05) is 0 Å². The Labute approximate surface area is 156 Å². The number of hydrogen-bond acceptors (Lipinski definition) is 5. The minimum atomic E-state index is -2.31. The molecule has 0 fully saturated rings. The SMILES string of the molecule is O=S(=O)=C1C=C2C=c3ccc([nH]3)=CC3=NC(=CC4=NC(=CC1N2)C=C4)C=C3. The molecule has 0 aliphatic carbocycles. The lowest BCUT2D eigenvalue weighted by Crippen LogP contribution is -2.27. The third kappa shape index (κ3) is 3.09. The molecule has 0 aromatic carbocycles. The zero-order valence-corrected chi connectivity index (χ0v) is 14.9. The lowest BCUT2D eigenvalue weighted by Gasteiger charge is -2.07. The summed E-state index contributed by atoms with van der Waals surface area (Å²) in [6.45, 7) is 0. The van der Waals surface area contributed by atoms with Crippen LogP contribution in [0.15, 0.2) is 81.7 Å². The molecule has 4 aliphatic rings. The Morgan fingerprint density at radius 3 is 2.33 bits per heavy atom. The molecular formula is C20H14N4O2S. The van der Waals surface area contributed by atoms with Gasteiger partial charge in [0, 0.05) is 16.4 Å². The smallest absolute Gasteiger partial charge is 0.219 e. The molecule has 1 unspecified atom stereocenters. The summed E-state index contributed by atoms with van der Waals surface area (Å²) in [6.07, 6.45) is 16.9. The van der Waals surface area contributed by atoms with Crippen molar-refractivity contribution in [1.82, 2.24) is 10.3 Å². The van der Waals surface area contributed by atoms with Crippen molar-refractivity contribution >= 4 is 38.7 Å². The van der Waals surface area contributed by atoms with E-state index in [1.165, 1.54) is 0 Å². The summed E-state index contributed by atoms with van der Waals surface area (Å²) in [5.74, 6) is 0. The van der Waals surface area contributed by atoms with Gasteiger partial charge in [-0.25, -0.2) is 9.98 Å².